The second-order valence-electron chi connectivity index (χ2n) is 8.80. The first kappa shape index (κ1) is 34.8. The van der Waals surface area contributed by atoms with Gasteiger partial charge < -0.3 is 34.5 Å². The summed E-state index contributed by atoms with van der Waals surface area (Å²) in [6.45, 7) is 9.87. The minimum Gasteiger partial charge on any atom is -0.387 e. The molecule has 17 heteroatoms. The van der Waals surface area contributed by atoms with Crippen LogP contribution < -0.4 is 11.2 Å². The van der Waals surface area contributed by atoms with E-state index in [1.165, 1.54) is 58.2 Å². The number of hydrogen-bond donors (Lipinski definition) is 6. The monoisotopic (exact) mass is 589 g/mol. The van der Waals surface area contributed by atoms with Gasteiger partial charge in [-0.2, -0.15) is 4.31 Å². The number of aromatic nitrogens is 2. The Morgan fingerprint density at radius 3 is 1.95 bits per heavy atom. The van der Waals surface area contributed by atoms with Crippen LogP contribution in [0.15, 0.2) is 21.9 Å². The summed E-state index contributed by atoms with van der Waals surface area (Å²) in [5.74, 6) is 0. The van der Waals surface area contributed by atoms with Gasteiger partial charge in [0.25, 0.3) is 5.56 Å². The molecular weight excluding hydrogens is 548 g/mol. The number of aliphatic hydroxyl groups is 2. The molecule has 1 fully saturated rings. The first-order valence-electron chi connectivity index (χ1n) is 12.5. The molecule has 1 saturated heterocycles. The standard InChI is InChI=1S/C12H27N.C9H14N2O12P2/c1-4-7-10-13(11-8-5-2)12-9-6-3;12-5-1-2-11(9(15)10-5)8-7(14)6(13)4(22-8)3-21-25(19,20)23-24(16,17)18/h4-12H2,1-3H3;1-2,4,6-8,13-14H,3H2,(H,19,20)(H,10,12,15)(H2,16,17,18)/t;4-,6-,7-,8-/m.1/s1. The van der Waals surface area contributed by atoms with Gasteiger partial charge >= 0.3 is 21.3 Å². The van der Waals surface area contributed by atoms with E-state index < -0.39 is 58.0 Å². The minimum atomic E-state index is -5.32. The SMILES string of the molecule is CCCCN(CCCC)CCCC.O=c1ccn([C@@H]2O[C@H](COP(=O)(O)OP(=O)(O)O)[C@@H](O)[C@H]2O)c(=O)[nH]1. The lowest BCUT2D eigenvalue weighted by molar-refractivity contribution is -0.0542. The third kappa shape index (κ3) is 12.8. The predicted molar refractivity (Wildman–Crippen MR) is 137 cm³/mol. The summed E-state index contributed by atoms with van der Waals surface area (Å²) in [6, 6.07) is 0.962. The van der Waals surface area contributed by atoms with Gasteiger partial charge in [0.05, 0.1) is 6.61 Å². The van der Waals surface area contributed by atoms with Crippen LogP contribution in [0, 0.1) is 0 Å². The van der Waals surface area contributed by atoms with Crippen LogP contribution >= 0.6 is 15.6 Å². The van der Waals surface area contributed by atoms with E-state index in [0.717, 1.165) is 16.8 Å². The minimum absolute atomic E-state index is 0.704. The highest BCUT2D eigenvalue weighted by Gasteiger charge is 2.45. The van der Waals surface area contributed by atoms with Crippen LogP contribution in [0.2, 0.25) is 0 Å². The van der Waals surface area contributed by atoms with Crippen molar-refractivity contribution < 1.29 is 47.6 Å². The normalized spacial score (nSPS) is 23.2. The maximum Gasteiger partial charge on any atom is 0.481 e. The van der Waals surface area contributed by atoms with Crippen molar-refractivity contribution in [2.45, 2.75) is 83.8 Å². The zero-order chi connectivity index (χ0) is 28.9. The van der Waals surface area contributed by atoms with Crippen LogP contribution in [0.3, 0.4) is 0 Å². The average Bonchev–Trinajstić information content (AvgIpc) is 3.10. The first-order valence-corrected chi connectivity index (χ1v) is 15.6. The molecule has 0 aromatic carbocycles. The predicted octanol–water partition coefficient (Wildman–Crippen LogP) is 1.07. The number of ether oxygens (including phenoxy) is 1. The van der Waals surface area contributed by atoms with Crippen LogP contribution in [0.1, 0.15) is 65.5 Å². The molecule has 6 N–H and O–H groups in total. The lowest BCUT2D eigenvalue weighted by atomic mass is 10.1. The molecule has 0 aliphatic carbocycles. The van der Waals surface area contributed by atoms with Crippen LogP contribution in [-0.2, 0) is 22.7 Å². The second-order valence-corrected chi connectivity index (χ2v) is 11.6. The number of nitrogens with zero attached hydrogens (tertiary/aromatic N) is 2. The lowest BCUT2D eigenvalue weighted by Gasteiger charge is -2.21. The summed E-state index contributed by atoms with van der Waals surface area (Å²) < 4.78 is 35.6. The Morgan fingerprint density at radius 2 is 1.50 bits per heavy atom. The molecule has 5 atom stereocenters. The van der Waals surface area contributed by atoms with E-state index >= 15 is 0 Å². The molecule has 2 rings (SSSR count). The van der Waals surface area contributed by atoms with Gasteiger partial charge in [0.2, 0.25) is 0 Å². The maximum absolute atomic E-state index is 11.7. The Kier molecular flexibility index (Phi) is 15.4. The number of aromatic amines is 1. The number of rotatable bonds is 15. The van der Waals surface area contributed by atoms with Crippen LogP contribution in [0.5, 0.6) is 0 Å². The number of nitrogens with one attached hydrogen (secondary N) is 1. The van der Waals surface area contributed by atoms with E-state index in [9.17, 15) is 28.9 Å². The van der Waals surface area contributed by atoms with Crippen LogP contribution in [0.25, 0.3) is 0 Å². The van der Waals surface area contributed by atoms with Crippen molar-refractivity contribution in [1.82, 2.24) is 14.5 Å². The zero-order valence-corrected chi connectivity index (χ0v) is 23.7. The third-order valence-electron chi connectivity index (χ3n) is 5.56. The van der Waals surface area contributed by atoms with Crippen molar-refractivity contribution in [3.05, 3.63) is 33.1 Å². The van der Waals surface area contributed by atoms with Crippen molar-refractivity contribution in [2.24, 2.45) is 0 Å². The van der Waals surface area contributed by atoms with E-state index in [1.54, 1.807) is 0 Å². The summed E-state index contributed by atoms with van der Waals surface area (Å²) in [4.78, 5) is 53.3. The number of hydrogen-bond acceptors (Lipinski definition) is 10. The molecule has 222 valence electrons. The van der Waals surface area contributed by atoms with Crippen LogP contribution in [-0.4, -0.2) is 83.9 Å². The Balaban J connectivity index is 0.000000471. The van der Waals surface area contributed by atoms with Gasteiger partial charge in [-0.3, -0.25) is 18.9 Å². The highest BCUT2D eigenvalue weighted by atomic mass is 31.3. The maximum atomic E-state index is 11.7. The van der Waals surface area contributed by atoms with Gasteiger partial charge in [0, 0.05) is 12.3 Å². The number of unbranched alkanes of at least 4 members (excludes halogenated alkanes) is 3. The fourth-order valence-corrected chi connectivity index (χ4v) is 5.13. The molecule has 15 nitrogen and oxygen atoms in total. The second kappa shape index (κ2) is 16.8. The quantitative estimate of drug-likeness (QED) is 0.158. The van der Waals surface area contributed by atoms with Gasteiger partial charge in [-0.15, -0.1) is 0 Å². The van der Waals surface area contributed by atoms with Gasteiger partial charge in [0.1, 0.15) is 18.3 Å². The average molecular weight is 590 g/mol. The number of phosphoric ester groups is 1. The molecule has 0 amide bonds. The van der Waals surface area contributed by atoms with E-state index in [1.807, 2.05) is 4.98 Å². The zero-order valence-electron chi connectivity index (χ0n) is 21.9. The molecule has 1 aliphatic rings. The molecule has 1 aromatic rings. The molecule has 1 aliphatic heterocycles. The Morgan fingerprint density at radius 1 is 0.974 bits per heavy atom. The van der Waals surface area contributed by atoms with E-state index in [4.69, 9.17) is 19.4 Å². The molecule has 0 bridgehead atoms. The van der Waals surface area contributed by atoms with Crippen molar-refractivity contribution >= 4 is 15.6 Å². The van der Waals surface area contributed by atoms with Gasteiger partial charge in [-0.05, 0) is 38.9 Å². The largest absolute Gasteiger partial charge is 0.481 e. The molecule has 1 aromatic heterocycles. The Labute approximate surface area is 221 Å². The van der Waals surface area contributed by atoms with E-state index in [0.29, 0.717) is 0 Å². The van der Waals surface area contributed by atoms with Gasteiger partial charge in [-0.25, -0.2) is 13.9 Å². The highest BCUT2D eigenvalue weighted by molar-refractivity contribution is 7.60. The third-order valence-corrected chi connectivity index (χ3v) is 7.71. The molecular formula is C21H41N3O12P2. The van der Waals surface area contributed by atoms with Crippen molar-refractivity contribution in [3.63, 3.8) is 0 Å². The molecule has 38 heavy (non-hydrogen) atoms. The van der Waals surface area contributed by atoms with E-state index in [-0.39, 0.29) is 0 Å². The summed E-state index contributed by atoms with van der Waals surface area (Å²) in [5.41, 5.74) is -1.65. The topological polar surface area (TPSA) is 221 Å². The summed E-state index contributed by atoms with van der Waals surface area (Å²) in [5, 5.41) is 19.8. The molecule has 0 spiro atoms. The van der Waals surface area contributed by atoms with Crippen molar-refractivity contribution in [3.8, 4) is 0 Å². The number of aliphatic hydroxyl groups excluding tert-OH is 2. The Bertz CT molecular complexity index is 1010. The van der Waals surface area contributed by atoms with E-state index in [2.05, 4.69) is 34.5 Å². The fourth-order valence-electron chi connectivity index (χ4n) is 3.53. The number of H-pyrrole nitrogens is 1. The van der Waals surface area contributed by atoms with Gasteiger partial charge in [-0.1, -0.05) is 40.0 Å². The van der Waals surface area contributed by atoms with Crippen molar-refractivity contribution in [2.75, 3.05) is 26.2 Å². The summed E-state index contributed by atoms with van der Waals surface area (Å²) in [6.07, 6.45) is 2.84. The smallest absolute Gasteiger partial charge is 0.387 e. The fraction of sp³-hybridized carbons (Fsp3) is 0.810. The molecule has 1 unspecified atom stereocenters. The molecule has 0 saturated carbocycles. The summed E-state index contributed by atoms with van der Waals surface area (Å²) >= 11 is 0. The molecule has 0 radical (unpaired) electrons. The van der Waals surface area contributed by atoms with Gasteiger partial charge in [0.15, 0.2) is 6.23 Å². The molecule has 2 heterocycles. The highest BCUT2D eigenvalue weighted by Crippen LogP contribution is 2.57. The van der Waals surface area contributed by atoms with Crippen molar-refractivity contribution in [1.29, 1.82) is 0 Å². The first-order chi connectivity index (χ1) is 17.7. The number of phosphoric acid groups is 2. The summed E-state index contributed by atoms with van der Waals surface area (Å²) in [7, 11) is -10.5. The van der Waals surface area contributed by atoms with Crippen LogP contribution in [0.4, 0.5) is 0 Å². The lowest BCUT2D eigenvalue weighted by Crippen LogP contribution is -2.37. The Hall–Kier alpha value is -1.22.